The lowest BCUT2D eigenvalue weighted by atomic mass is 10.1. The van der Waals surface area contributed by atoms with Crippen molar-refractivity contribution >= 4 is 18.3 Å². The SMILES string of the molecule is CN(CC(F)(F)F)C(=O)c1ccn(C2CCCNC2)n1.Cl. The zero-order chi connectivity index (χ0) is 14.8. The fraction of sp³-hybridized carbons (Fsp3) is 0.667. The smallest absolute Gasteiger partial charge is 0.331 e. The van der Waals surface area contributed by atoms with Crippen molar-refractivity contribution in [2.75, 3.05) is 26.7 Å². The second kappa shape index (κ2) is 7.13. The van der Waals surface area contributed by atoms with Gasteiger partial charge in [0.15, 0.2) is 0 Å². The van der Waals surface area contributed by atoms with Crippen LogP contribution in [0.3, 0.4) is 0 Å². The Morgan fingerprint density at radius 2 is 2.29 bits per heavy atom. The van der Waals surface area contributed by atoms with Crippen LogP contribution >= 0.6 is 12.4 Å². The minimum Gasteiger partial charge on any atom is -0.331 e. The van der Waals surface area contributed by atoms with E-state index >= 15 is 0 Å². The molecule has 0 aliphatic carbocycles. The highest BCUT2D eigenvalue weighted by Crippen LogP contribution is 2.18. The Morgan fingerprint density at radius 1 is 1.57 bits per heavy atom. The van der Waals surface area contributed by atoms with Crippen molar-refractivity contribution < 1.29 is 18.0 Å². The van der Waals surface area contributed by atoms with Gasteiger partial charge in [-0.05, 0) is 25.5 Å². The van der Waals surface area contributed by atoms with Gasteiger partial charge < -0.3 is 10.2 Å². The Morgan fingerprint density at radius 3 is 2.86 bits per heavy atom. The maximum Gasteiger partial charge on any atom is 0.406 e. The highest BCUT2D eigenvalue weighted by atomic mass is 35.5. The van der Waals surface area contributed by atoms with Gasteiger partial charge in [-0.2, -0.15) is 18.3 Å². The number of rotatable bonds is 3. The summed E-state index contributed by atoms with van der Waals surface area (Å²) >= 11 is 0. The van der Waals surface area contributed by atoms with E-state index in [4.69, 9.17) is 0 Å². The van der Waals surface area contributed by atoms with Crippen LogP contribution in [0.15, 0.2) is 12.3 Å². The fourth-order valence-corrected chi connectivity index (χ4v) is 2.25. The van der Waals surface area contributed by atoms with E-state index < -0.39 is 18.6 Å². The van der Waals surface area contributed by atoms with Gasteiger partial charge in [-0.25, -0.2) is 0 Å². The first-order valence-electron chi connectivity index (χ1n) is 6.45. The Labute approximate surface area is 126 Å². The molecule has 0 radical (unpaired) electrons. The first kappa shape index (κ1) is 17.8. The Bertz CT molecular complexity index is 471. The molecule has 21 heavy (non-hydrogen) atoms. The maximum absolute atomic E-state index is 12.3. The summed E-state index contributed by atoms with van der Waals surface area (Å²) in [5.74, 6) is -0.718. The average molecular weight is 327 g/mol. The fourth-order valence-electron chi connectivity index (χ4n) is 2.25. The molecule has 1 atom stereocenters. The normalized spacial score (nSPS) is 19.0. The molecular weight excluding hydrogens is 309 g/mol. The van der Waals surface area contributed by atoms with Crippen LogP contribution in [0.25, 0.3) is 0 Å². The number of hydrogen-bond donors (Lipinski definition) is 1. The highest BCUT2D eigenvalue weighted by Gasteiger charge is 2.32. The number of carbonyl (C=O) groups is 1. The van der Waals surface area contributed by atoms with E-state index in [0.29, 0.717) is 4.90 Å². The molecule has 1 aromatic rings. The summed E-state index contributed by atoms with van der Waals surface area (Å²) in [6.07, 6.45) is -0.797. The summed E-state index contributed by atoms with van der Waals surface area (Å²) in [4.78, 5) is 12.5. The number of carbonyl (C=O) groups excluding carboxylic acids is 1. The van der Waals surface area contributed by atoms with Crippen molar-refractivity contribution in [2.24, 2.45) is 0 Å². The van der Waals surface area contributed by atoms with Crippen LogP contribution in [-0.2, 0) is 0 Å². The third-order valence-corrected chi connectivity index (χ3v) is 3.24. The van der Waals surface area contributed by atoms with E-state index in [1.54, 1.807) is 10.9 Å². The molecule has 1 aromatic heterocycles. The second-order valence-electron chi connectivity index (χ2n) is 4.96. The van der Waals surface area contributed by atoms with Crippen molar-refractivity contribution in [3.05, 3.63) is 18.0 Å². The van der Waals surface area contributed by atoms with Crippen LogP contribution in [0.2, 0.25) is 0 Å². The Balaban J connectivity index is 0.00000220. The Kier molecular flexibility index (Phi) is 6.03. The summed E-state index contributed by atoms with van der Waals surface area (Å²) in [7, 11) is 1.12. The molecule has 1 aliphatic rings. The standard InChI is InChI=1S/C12H17F3N4O.ClH/c1-18(8-12(13,14)15)11(20)10-4-6-19(17-10)9-3-2-5-16-7-9;/h4,6,9,16H,2-3,5,7-8H2,1H3;1H. The van der Waals surface area contributed by atoms with E-state index in [9.17, 15) is 18.0 Å². The maximum atomic E-state index is 12.3. The molecule has 1 N–H and O–H groups in total. The van der Waals surface area contributed by atoms with Crippen molar-refractivity contribution in [1.29, 1.82) is 0 Å². The molecule has 0 spiro atoms. The van der Waals surface area contributed by atoms with Crippen LogP contribution in [0, 0.1) is 0 Å². The van der Waals surface area contributed by atoms with Gasteiger partial charge in [0.25, 0.3) is 5.91 Å². The molecule has 0 bridgehead atoms. The number of hydrogen-bond acceptors (Lipinski definition) is 3. The lowest BCUT2D eigenvalue weighted by Gasteiger charge is -2.23. The van der Waals surface area contributed by atoms with Crippen molar-refractivity contribution in [3.8, 4) is 0 Å². The van der Waals surface area contributed by atoms with E-state index in [0.717, 1.165) is 33.0 Å². The number of amides is 1. The molecule has 1 unspecified atom stereocenters. The van der Waals surface area contributed by atoms with E-state index in [1.165, 1.54) is 6.07 Å². The minimum atomic E-state index is -4.40. The van der Waals surface area contributed by atoms with Crippen LogP contribution in [-0.4, -0.2) is 53.4 Å². The third-order valence-electron chi connectivity index (χ3n) is 3.24. The van der Waals surface area contributed by atoms with Gasteiger partial charge in [-0.15, -0.1) is 12.4 Å². The van der Waals surface area contributed by atoms with Gasteiger partial charge in [0, 0.05) is 19.8 Å². The molecule has 0 saturated carbocycles. The predicted molar refractivity (Wildman–Crippen MR) is 73.6 cm³/mol. The molecule has 5 nitrogen and oxygen atoms in total. The van der Waals surface area contributed by atoms with Gasteiger partial charge in [0.1, 0.15) is 12.2 Å². The summed E-state index contributed by atoms with van der Waals surface area (Å²) in [5, 5.41) is 7.32. The number of aromatic nitrogens is 2. The summed E-state index contributed by atoms with van der Waals surface area (Å²) in [6.45, 7) is 0.440. The minimum absolute atomic E-state index is 0. The topological polar surface area (TPSA) is 50.2 Å². The second-order valence-corrected chi connectivity index (χ2v) is 4.96. The lowest BCUT2D eigenvalue weighted by molar-refractivity contribution is -0.138. The highest BCUT2D eigenvalue weighted by molar-refractivity contribution is 5.92. The van der Waals surface area contributed by atoms with Crippen molar-refractivity contribution in [2.45, 2.75) is 25.1 Å². The zero-order valence-electron chi connectivity index (χ0n) is 11.6. The van der Waals surface area contributed by atoms with Gasteiger partial charge in [-0.1, -0.05) is 0 Å². The molecule has 1 saturated heterocycles. The molecule has 1 aliphatic heterocycles. The number of nitrogens with one attached hydrogen (secondary N) is 1. The molecule has 1 fully saturated rings. The first-order valence-corrected chi connectivity index (χ1v) is 6.45. The van der Waals surface area contributed by atoms with E-state index in [2.05, 4.69) is 10.4 Å². The van der Waals surface area contributed by atoms with Crippen LogP contribution in [0.1, 0.15) is 29.4 Å². The van der Waals surface area contributed by atoms with Crippen LogP contribution in [0.5, 0.6) is 0 Å². The molecular formula is C12H18ClF3N4O. The zero-order valence-corrected chi connectivity index (χ0v) is 12.4. The van der Waals surface area contributed by atoms with Gasteiger partial charge in [-0.3, -0.25) is 9.48 Å². The summed E-state index contributed by atoms with van der Waals surface area (Å²) < 4.78 is 38.4. The van der Waals surface area contributed by atoms with Crippen molar-refractivity contribution in [3.63, 3.8) is 0 Å². The summed E-state index contributed by atoms with van der Waals surface area (Å²) in [5.41, 5.74) is 0.0438. The van der Waals surface area contributed by atoms with E-state index in [-0.39, 0.29) is 24.1 Å². The third kappa shape index (κ3) is 4.89. The molecule has 2 rings (SSSR count). The predicted octanol–water partition coefficient (Wildman–Crippen LogP) is 1.86. The molecule has 120 valence electrons. The van der Waals surface area contributed by atoms with Crippen molar-refractivity contribution in [1.82, 2.24) is 20.0 Å². The Hall–Kier alpha value is -1.28. The monoisotopic (exact) mass is 326 g/mol. The molecule has 1 amide bonds. The first-order chi connectivity index (χ1) is 9.37. The molecule has 2 heterocycles. The van der Waals surface area contributed by atoms with Gasteiger partial charge in [0.05, 0.1) is 6.04 Å². The quantitative estimate of drug-likeness (QED) is 0.922. The summed E-state index contributed by atoms with van der Waals surface area (Å²) in [6, 6.07) is 1.61. The number of alkyl halides is 3. The van der Waals surface area contributed by atoms with Crippen LogP contribution < -0.4 is 5.32 Å². The largest absolute Gasteiger partial charge is 0.406 e. The number of halogens is 4. The van der Waals surface area contributed by atoms with Gasteiger partial charge >= 0.3 is 6.18 Å². The lowest BCUT2D eigenvalue weighted by Crippen LogP contribution is -2.36. The average Bonchev–Trinajstić information content (AvgIpc) is 2.86. The molecule has 0 aromatic carbocycles. The van der Waals surface area contributed by atoms with Gasteiger partial charge in [0.2, 0.25) is 0 Å². The van der Waals surface area contributed by atoms with Crippen LogP contribution in [0.4, 0.5) is 13.2 Å². The van der Waals surface area contributed by atoms with E-state index in [1.807, 2.05) is 0 Å². The number of nitrogens with zero attached hydrogens (tertiary/aromatic N) is 3. The number of piperidine rings is 1. The molecule has 9 heteroatoms.